The first-order valence-corrected chi connectivity index (χ1v) is 7.63. The van der Waals surface area contributed by atoms with Gasteiger partial charge in [0.15, 0.2) is 0 Å². The third-order valence-corrected chi connectivity index (χ3v) is 5.10. The standard InChI is InChI=1S/C16H22ClNO2/c1-16(2)14(11-5-4-8-20-15(11)16)18-10-6-7-13(19-3)12(17)9-10/h6-7,9,11,14-15,18H,4-5,8H2,1-3H3. The van der Waals surface area contributed by atoms with Crippen molar-refractivity contribution in [1.29, 1.82) is 0 Å². The summed E-state index contributed by atoms with van der Waals surface area (Å²) in [5, 5.41) is 4.28. The molecular formula is C16H22ClNO2. The van der Waals surface area contributed by atoms with E-state index in [0.29, 0.717) is 28.8 Å². The summed E-state index contributed by atoms with van der Waals surface area (Å²) in [7, 11) is 1.63. The first-order valence-electron chi connectivity index (χ1n) is 7.25. The molecule has 3 nitrogen and oxygen atoms in total. The van der Waals surface area contributed by atoms with Crippen molar-refractivity contribution in [2.24, 2.45) is 11.3 Å². The second-order valence-electron chi connectivity index (χ2n) is 6.39. The molecular weight excluding hydrogens is 274 g/mol. The van der Waals surface area contributed by atoms with Gasteiger partial charge in [0.2, 0.25) is 0 Å². The van der Waals surface area contributed by atoms with Gasteiger partial charge in [-0.15, -0.1) is 0 Å². The molecule has 20 heavy (non-hydrogen) atoms. The van der Waals surface area contributed by atoms with Crippen molar-refractivity contribution < 1.29 is 9.47 Å². The van der Waals surface area contributed by atoms with Gasteiger partial charge in [0, 0.05) is 29.7 Å². The molecule has 0 spiro atoms. The van der Waals surface area contributed by atoms with Crippen LogP contribution in [-0.4, -0.2) is 25.9 Å². The van der Waals surface area contributed by atoms with Gasteiger partial charge >= 0.3 is 0 Å². The van der Waals surface area contributed by atoms with Crippen LogP contribution in [0.4, 0.5) is 5.69 Å². The Morgan fingerprint density at radius 3 is 2.90 bits per heavy atom. The highest BCUT2D eigenvalue weighted by Gasteiger charge is 2.57. The summed E-state index contributed by atoms with van der Waals surface area (Å²) in [6.07, 6.45) is 2.80. The number of fused-ring (bicyclic) bond motifs is 1. The molecule has 1 saturated carbocycles. The SMILES string of the molecule is COc1ccc(NC2C3CCCOC3C2(C)C)cc1Cl. The minimum Gasteiger partial charge on any atom is -0.495 e. The summed E-state index contributed by atoms with van der Waals surface area (Å²) in [6.45, 7) is 5.47. The molecule has 3 rings (SSSR count). The number of hydrogen-bond acceptors (Lipinski definition) is 3. The summed E-state index contributed by atoms with van der Waals surface area (Å²) >= 11 is 6.19. The first-order chi connectivity index (χ1) is 9.54. The number of rotatable bonds is 3. The fourth-order valence-electron chi connectivity index (χ4n) is 3.75. The Morgan fingerprint density at radius 2 is 2.20 bits per heavy atom. The maximum absolute atomic E-state index is 6.19. The normalized spacial score (nSPS) is 31.1. The maximum Gasteiger partial charge on any atom is 0.137 e. The predicted octanol–water partition coefficient (Wildman–Crippen LogP) is 3.96. The number of hydrogen-bond donors (Lipinski definition) is 1. The number of benzene rings is 1. The van der Waals surface area contributed by atoms with Crippen molar-refractivity contribution in [3.63, 3.8) is 0 Å². The number of nitrogens with one attached hydrogen (secondary N) is 1. The molecule has 1 aromatic rings. The van der Waals surface area contributed by atoms with E-state index in [0.717, 1.165) is 12.3 Å². The molecule has 1 saturated heterocycles. The first kappa shape index (κ1) is 14.0. The van der Waals surface area contributed by atoms with Crippen LogP contribution in [0, 0.1) is 11.3 Å². The Morgan fingerprint density at radius 1 is 1.40 bits per heavy atom. The van der Waals surface area contributed by atoms with Crippen LogP contribution >= 0.6 is 11.6 Å². The Labute approximate surface area is 125 Å². The number of anilines is 1. The molecule has 1 heterocycles. The molecule has 2 fully saturated rings. The van der Waals surface area contributed by atoms with Gasteiger partial charge in [-0.1, -0.05) is 25.4 Å². The Kier molecular flexibility index (Phi) is 3.59. The molecule has 3 atom stereocenters. The van der Waals surface area contributed by atoms with Crippen molar-refractivity contribution in [1.82, 2.24) is 0 Å². The minimum atomic E-state index is 0.164. The Bertz CT molecular complexity index is 503. The van der Waals surface area contributed by atoms with E-state index < -0.39 is 0 Å². The quantitative estimate of drug-likeness (QED) is 0.915. The highest BCUT2D eigenvalue weighted by atomic mass is 35.5. The van der Waals surface area contributed by atoms with Gasteiger partial charge in [-0.2, -0.15) is 0 Å². The van der Waals surface area contributed by atoms with E-state index in [1.807, 2.05) is 18.2 Å². The fraction of sp³-hybridized carbons (Fsp3) is 0.625. The van der Waals surface area contributed by atoms with Crippen LogP contribution in [0.3, 0.4) is 0 Å². The zero-order valence-corrected chi connectivity index (χ0v) is 13.0. The van der Waals surface area contributed by atoms with Gasteiger partial charge in [0.25, 0.3) is 0 Å². The van der Waals surface area contributed by atoms with Gasteiger partial charge < -0.3 is 14.8 Å². The Hall–Kier alpha value is -0.930. The van der Waals surface area contributed by atoms with Crippen LogP contribution in [0.2, 0.25) is 5.02 Å². The van der Waals surface area contributed by atoms with Crippen LogP contribution in [0.5, 0.6) is 5.75 Å². The molecule has 110 valence electrons. The van der Waals surface area contributed by atoms with Gasteiger partial charge in [0.05, 0.1) is 18.2 Å². The topological polar surface area (TPSA) is 30.5 Å². The summed E-state index contributed by atoms with van der Waals surface area (Å²) in [5.41, 5.74) is 1.22. The molecule has 0 aromatic heterocycles. The van der Waals surface area contributed by atoms with Crippen molar-refractivity contribution in [2.75, 3.05) is 19.0 Å². The van der Waals surface area contributed by atoms with Gasteiger partial charge in [-0.25, -0.2) is 0 Å². The number of methoxy groups -OCH3 is 1. The number of halogens is 1. The summed E-state index contributed by atoms with van der Waals surface area (Å²) in [6, 6.07) is 6.31. The lowest BCUT2D eigenvalue weighted by molar-refractivity contribution is -0.177. The van der Waals surface area contributed by atoms with Crippen LogP contribution in [0.15, 0.2) is 18.2 Å². The van der Waals surface area contributed by atoms with Crippen molar-refractivity contribution in [3.8, 4) is 5.75 Å². The van der Waals surface area contributed by atoms with Crippen molar-refractivity contribution >= 4 is 17.3 Å². The van der Waals surface area contributed by atoms with Gasteiger partial charge in [-0.3, -0.25) is 0 Å². The lowest BCUT2D eigenvalue weighted by atomic mass is 9.55. The molecule has 4 heteroatoms. The molecule has 1 aliphatic carbocycles. The smallest absolute Gasteiger partial charge is 0.137 e. The average Bonchev–Trinajstić information content (AvgIpc) is 2.45. The predicted molar refractivity (Wildman–Crippen MR) is 81.7 cm³/mol. The highest BCUT2D eigenvalue weighted by molar-refractivity contribution is 6.32. The van der Waals surface area contributed by atoms with E-state index in [9.17, 15) is 0 Å². The lowest BCUT2D eigenvalue weighted by Gasteiger charge is -2.60. The molecule has 2 aliphatic rings. The van der Waals surface area contributed by atoms with E-state index in [4.69, 9.17) is 21.1 Å². The van der Waals surface area contributed by atoms with Crippen LogP contribution in [-0.2, 0) is 4.74 Å². The van der Waals surface area contributed by atoms with Crippen LogP contribution in [0.1, 0.15) is 26.7 Å². The molecule has 0 radical (unpaired) electrons. The van der Waals surface area contributed by atoms with E-state index in [1.54, 1.807) is 7.11 Å². The van der Waals surface area contributed by atoms with E-state index in [2.05, 4.69) is 19.2 Å². The van der Waals surface area contributed by atoms with E-state index in [1.165, 1.54) is 12.8 Å². The van der Waals surface area contributed by atoms with Gasteiger partial charge in [-0.05, 0) is 31.0 Å². The number of ether oxygens (including phenoxy) is 2. The van der Waals surface area contributed by atoms with Gasteiger partial charge in [0.1, 0.15) is 5.75 Å². The second-order valence-corrected chi connectivity index (χ2v) is 6.80. The fourth-order valence-corrected chi connectivity index (χ4v) is 4.01. The summed E-state index contributed by atoms with van der Waals surface area (Å²) in [4.78, 5) is 0. The summed E-state index contributed by atoms with van der Waals surface area (Å²) < 4.78 is 11.1. The van der Waals surface area contributed by atoms with Crippen LogP contribution in [0.25, 0.3) is 0 Å². The third-order valence-electron chi connectivity index (χ3n) is 4.81. The van der Waals surface area contributed by atoms with E-state index >= 15 is 0 Å². The van der Waals surface area contributed by atoms with Crippen LogP contribution < -0.4 is 10.1 Å². The highest BCUT2D eigenvalue weighted by Crippen LogP contribution is 2.52. The largest absolute Gasteiger partial charge is 0.495 e. The summed E-state index contributed by atoms with van der Waals surface area (Å²) in [5.74, 6) is 1.32. The zero-order chi connectivity index (χ0) is 14.3. The van der Waals surface area contributed by atoms with E-state index in [-0.39, 0.29) is 5.41 Å². The zero-order valence-electron chi connectivity index (χ0n) is 12.3. The molecule has 1 aliphatic heterocycles. The maximum atomic E-state index is 6.19. The van der Waals surface area contributed by atoms with Crippen molar-refractivity contribution in [3.05, 3.63) is 23.2 Å². The molecule has 1 N–H and O–H groups in total. The Balaban J connectivity index is 1.75. The third kappa shape index (κ3) is 2.17. The second kappa shape index (κ2) is 5.12. The van der Waals surface area contributed by atoms with Crippen molar-refractivity contribution in [2.45, 2.75) is 38.8 Å². The average molecular weight is 296 g/mol. The molecule has 0 bridgehead atoms. The molecule has 1 aromatic carbocycles. The molecule has 0 amide bonds. The lowest BCUT2D eigenvalue weighted by Crippen LogP contribution is -2.67. The molecule has 3 unspecified atom stereocenters. The monoisotopic (exact) mass is 295 g/mol. The minimum absolute atomic E-state index is 0.164.